The summed E-state index contributed by atoms with van der Waals surface area (Å²) in [5.41, 5.74) is 2.07. The van der Waals surface area contributed by atoms with Crippen molar-refractivity contribution in [3.63, 3.8) is 0 Å². The Morgan fingerprint density at radius 2 is 2.00 bits per heavy atom. The van der Waals surface area contributed by atoms with Crippen molar-refractivity contribution < 1.29 is 13.9 Å². The lowest BCUT2D eigenvalue weighted by Crippen LogP contribution is -1.97. The van der Waals surface area contributed by atoms with Crippen LogP contribution >= 0.6 is 11.3 Å². The van der Waals surface area contributed by atoms with Crippen LogP contribution in [0.4, 0.5) is 0 Å². The van der Waals surface area contributed by atoms with Crippen molar-refractivity contribution in [2.75, 3.05) is 13.2 Å². The Hall–Kier alpha value is -2.27. The molecule has 0 saturated carbocycles. The third-order valence-electron chi connectivity index (χ3n) is 3.28. The first-order valence-corrected chi connectivity index (χ1v) is 7.52. The second-order valence-corrected chi connectivity index (χ2v) is 5.55. The summed E-state index contributed by atoms with van der Waals surface area (Å²) in [6.07, 6.45) is 4.05. The van der Waals surface area contributed by atoms with Gasteiger partial charge in [0, 0.05) is 12.0 Å². The molecule has 5 heteroatoms. The molecule has 4 nitrogen and oxygen atoms in total. The van der Waals surface area contributed by atoms with Crippen molar-refractivity contribution in [2.24, 2.45) is 0 Å². The highest BCUT2D eigenvalue weighted by Crippen LogP contribution is 2.37. The first-order chi connectivity index (χ1) is 10.4. The number of aromatic nitrogens is 1. The van der Waals surface area contributed by atoms with E-state index in [4.69, 9.17) is 13.9 Å². The van der Waals surface area contributed by atoms with Gasteiger partial charge in [-0.15, -0.1) is 11.3 Å². The molecule has 0 fully saturated rings. The van der Waals surface area contributed by atoms with Gasteiger partial charge in [0.25, 0.3) is 0 Å². The highest BCUT2D eigenvalue weighted by Gasteiger charge is 2.13. The summed E-state index contributed by atoms with van der Waals surface area (Å²) in [5, 5.41) is 3.29. The largest absolute Gasteiger partial charge is 0.490 e. The third-order valence-corrected chi connectivity index (χ3v) is 4.14. The van der Waals surface area contributed by atoms with Crippen LogP contribution in [-0.4, -0.2) is 18.2 Å². The van der Waals surface area contributed by atoms with E-state index in [1.54, 1.807) is 6.20 Å². The minimum Gasteiger partial charge on any atom is -0.490 e. The molecule has 1 aliphatic rings. The van der Waals surface area contributed by atoms with Crippen LogP contribution in [0, 0.1) is 5.38 Å². The Morgan fingerprint density at radius 3 is 2.86 bits per heavy atom. The van der Waals surface area contributed by atoms with Crippen molar-refractivity contribution in [1.29, 1.82) is 0 Å². The molecule has 0 aliphatic carbocycles. The second kappa shape index (κ2) is 5.26. The van der Waals surface area contributed by atoms with E-state index in [0.29, 0.717) is 13.2 Å². The fourth-order valence-electron chi connectivity index (χ4n) is 2.23. The van der Waals surface area contributed by atoms with Gasteiger partial charge in [-0.1, -0.05) is 6.07 Å². The van der Waals surface area contributed by atoms with Gasteiger partial charge in [-0.2, -0.15) is 0 Å². The fourth-order valence-corrected chi connectivity index (χ4v) is 3.01. The zero-order valence-electron chi connectivity index (χ0n) is 11.2. The van der Waals surface area contributed by atoms with Gasteiger partial charge in [-0.25, -0.2) is 4.98 Å². The molecule has 0 spiro atoms. The Kier molecular flexibility index (Phi) is 3.12. The maximum absolute atomic E-state index is 5.73. The monoisotopic (exact) mass is 298 g/mol. The van der Waals surface area contributed by atoms with Gasteiger partial charge in [0.05, 0.1) is 29.7 Å². The number of nitrogens with zero attached hydrogens (tertiary/aromatic N) is 1. The van der Waals surface area contributed by atoms with E-state index >= 15 is 0 Å². The van der Waals surface area contributed by atoms with Crippen LogP contribution < -0.4 is 9.47 Å². The minimum atomic E-state index is 0.688. The van der Waals surface area contributed by atoms with Gasteiger partial charge in [0.1, 0.15) is 0 Å². The molecule has 0 amide bonds. The average molecular weight is 298 g/mol. The molecule has 0 N–H and O–H groups in total. The van der Waals surface area contributed by atoms with E-state index < -0.39 is 0 Å². The Balaban J connectivity index is 1.69. The molecule has 105 valence electrons. The molecule has 3 aromatic rings. The molecule has 3 heterocycles. The number of thiophene rings is 1. The van der Waals surface area contributed by atoms with Crippen LogP contribution in [-0.2, 0) is 0 Å². The molecule has 2 aromatic heterocycles. The minimum absolute atomic E-state index is 0.688. The lowest BCUT2D eigenvalue weighted by atomic mass is 10.1. The highest BCUT2D eigenvalue weighted by molar-refractivity contribution is 7.13. The van der Waals surface area contributed by atoms with Gasteiger partial charge in [-0.3, -0.25) is 0 Å². The number of benzene rings is 1. The highest BCUT2D eigenvalue weighted by atomic mass is 32.1. The predicted octanol–water partition coefficient (Wildman–Crippen LogP) is 4.03. The van der Waals surface area contributed by atoms with Crippen molar-refractivity contribution in [1.82, 2.24) is 4.98 Å². The molecular formula is C16H12NO3S. The third kappa shape index (κ3) is 2.40. The smallest absolute Gasteiger partial charge is 0.181 e. The van der Waals surface area contributed by atoms with Crippen LogP contribution in [0.25, 0.3) is 21.8 Å². The first kappa shape index (κ1) is 12.5. The van der Waals surface area contributed by atoms with Crippen LogP contribution in [0.5, 0.6) is 11.5 Å². The Bertz CT molecular complexity index is 749. The maximum atomic E-state index is 5.73. The van der Waals surface area contributed by atoms with E-state index in [2.05, 4.69) is 10.4 Å². The molecule has 0 bridgehead atoms. The summed E-state index contributed by atoms with van der Waals surface area (Å²) < 4.78 is 16.7. The number of ether oxygens (including phenoxy) is 2. The van der Waals surface area contributed by atoms with E-state index in [1.165, 1.54) is 17.7 Å². The summed E-state index contributed by atoms with van der Waals surface area (Å²) in [6.45, 7) is 1.39. The van der Waals surface area contributed by atoms with Crippen LogP contribution in [0.1, 0.15) is 6.42 Å². The van der Waals surface area contributed by atoms with Crippen LogP contribution in [0.3, 0.4) is 0 Å². The Labute approximate surface area is 126 Å². The van der Waals surface area contributed by atoms with E-state index in [0.717, 1.165) is 39.7 Å². The summed E-state index contributed by atoms with van der Waals surface area (Å²) >= 11 is 1.51. The zero-order chi connectivity index (χ0) is 14.1. The SMILES string of the molecule is [c]1sc(-c2cnco2)cc1-c1ccc2c(c1)OCCCO2. The van der Waals surface area contributed by atoms with E-state index in [9.17, 15) is 0 Å². The van der Waals surface area contributed by atoms with Gasteiger partial charge < -0.3 is 13.9 Å². The topological polar surface area (TPSA) is 44.5 Å². The zero-order valence-corrected chi connectivity index (χ0v) is 12.0. The molecule has 0 unspecified atom stereocenters. The molecule has 4 rings (SSSR count). The summed E-state index contributed by atoms with van der Waals surface area (Å²) in [7, 11) is 0. The average Bonchev–Trinajstić information content (AvgIpc) is 3.14. The lowest BCUT2D eigenvalue weighted by molar-refractivity contribution is 0.297. The van der Waals surface area contributed by atoms with Crippen molar-refractivity contribution in [3.8, 4) is 33.3 Å². The van der Waals surface area contributed by atoms with Gasteiger partial charge in [-0.05, 0) is 23.8 Å². The molecule has 21 heavy (non-hydrogen) atoms. The number of oxazole rings is 1. The lowest BCUT2D eigenvalue weighted by Gasteiger charge is -2.08. The van der Waals surface area contributed by atoms with Crippen molar-refractivity contribution in [2.45, 2.75) is 6.42 Å². The predicted molar refractivity (Wildman–Crippen MR) is 79.7 cm³/mol. The molecular weight excluding hydrogens is 286 g/mol. The quantitative estimate of drug-likeness (QED) is 0.716. The van der Waals surface area contributed by atoms with Crippen molar-refractivity contribution >= 4 is 11.3 Å². The molecule has 1 aliphatic heterocycles. The van der Waals surface area contributed by atoms with E-state index in [-0.39, 0.29) is 0 Å². The van der Waals surface area contributed by atoms with Crippen molar-refractivity contribution in [3.05, 3.63) is 42.2 Å². The molecule has 1 aromatic carbocycles. The molecule has 0 atom stereocenters. The number of hydrogen-bond acceptors (Lipinski definition) is 5. The van der Waals surface area contributed by atoms with Crippen LogP contribution in [0.2, 0.25) is 0 Å². The summed E-state index contributed by atoms with van der Waals surface area (Å²) in [5.74, 6) is 2.37. The standard InChI is InChI=1S/C16H12NO3S/c1-4-18-13-3-2-11(6-14(13)19-5-1)12-7-16(21-9-12)15-8-17-10-20-15/h2-3,6-8,10H,1,4-5H2. The Morgan fingerprint density at radius 1 is 1.10 bits per heavy atom. The number of rotatable bonds is 2. The molecule has 1 radical (unpaired) electrons. The number of fused-ring (bicyclic) bond motifs is 1. The van der Waals surface area contributed by atoms with Gasteiger partial charge in [0.2, 0.25) is 0 Å². The van der Waals surface area contributed by atoms with Gasteiger partial charge in [0.15, 0.2) is 23.7 Å². The second-order valence-electron chi connectivity index (χ2n) is 4.70. The van der Waals surface area contributed by atoms with E-state index in [1.807, 2.05) is 24.3 Å². The fraction of sp³-hybridized carbons (Fsp3) is 0.188. The number of hydrogen-bond donors (Lipinski definition) is 0. The summed E-state index contributed by atoms with van der Waals surface area (Å²) in [4.78, 5) is 4.95. The summed E-state index contributed by atoms with van der Waals surface area (Å²) in [6, 6.07) is 8.03. The van der Waals surface area contributed by atoms with Gasteiger partial charge >= 0.3 is 0 Å². The molecule has 0 saturated heterocycles. The maximum Gasteiger partial charge on any atom is 0.181 e. The first-order valence-electron chi connectivity index (χ1n) is 6.70. The van der Waals surface area contributed by atoms with Crippen LogP contribution in [0.15, 0.2) is 41.3 Å². The normalized spacial score (nSPS) is 13.9.